The Morgan fingerprint density at radius 1 is 0.825 bits per heavy atom. The van der Waals surface area contributed by atoms with E-state index in [1.54, 1.807) is 33.9 Å². The summed E-state index contributed by atoms with van der Waals surface area (Å²) >= 11 is 1.00. The Labute approximate surface area is 238 Å². The highest BCUT2D eigenvalue weighted by Gasteiger charge is 2.21. The van der Waals surface area contributed by atoms with Gasteiger partial charge >= 0.3 is 11.9 Å². The number of nitrogens with zero attached hydrogens (tertiary/aromatic N) is 5. The Morgan fingerprint density at radius 3 is 1.73 bits per heavy atom. The van der Waals surface area contributed by atoms with Gasteiger partial charge in [-0.15, -0.1) is 9.32 Å². The number of nitrogens with two attached hydrogens (primary N) is 1. The van der Waals surface area contributed by atoms with Gasteiger partial charge in [-0.2, -0.15) is 5.90 Å². The molecule has 0 bridgehead atoms. The van der Waals surface area contributed by atoms with Crippen LogP contribution in [0.3, 0.4) is 0 Å². The molecule has 3 rings (SSSR count). The number of hydrogen-bond donors (Lipinski definition) is 1. The first kappa shape index (κ1) is 31.3. The SMILES string of the molecule is CC(C)(C)OC(=O)Cn1ccnc1CN(Cc1ccc(SOON)cc1)Cc1nccn1CC(=O)OC(C)(C)C. The molecule has 0 saturated heterocycles. The number of esters is 2. The molecule has 3 aromatic rings. The summed E-state index contributed by atoms with van der Waals surface area (Å²) in [6.45, 7) is 12.5. The van der Waals surface area contributed by atoms with Crippen LogP contribution in [0.1, 0.15) is 58.8 Å². The van der Waals surface area contributed by atoms with Crippen LogP contribution in [-0.4, -0.2) is 47.1 Å². The van der Waals surface area contributed by atoms with Crippen LogP contribution in [0.5, 0.6) is 0 Å². The monoisotopic (exact) mass is 574 g/mol. The summed E-state index contributed by atoms with van der Waals surface area (Å²) in [5, 5.41) is 0. The molecule has 0 atom stereocenters. The van der Waals surface area contributed by atoms with Crippen molar-refractivity contribution < 1.29 is 28.4 Å². The second-order valence-electron chi connectivity index (χ2n) is 11.2. The van der Waals surface area contributed by atoms with Gasteiger partial charge in [0.25, 0.3) is 0 Å². The zero-order valence-corrected chi connectivity index (χ0v) is 24.6. The molecule has 0 aliphatic heterocycles. The number of imidazole rings is 2. The van der Waals surface area contributed by atoms with E-state index in [0.29, 0.717) is 31.3 Å². The number of ether oxygens (including phenoxy) is 2. The van der Waals surface area contributed by atoms with Gasteiger partial charge in [0.2, 0.25) is 0 Å². The van der Waals surface area contributed by atoms with Crippen molar-refractivity contribution >= 4 is 24.0 Å². The smallest absolute Gasteiger partial charge is 0.326 e. The Hall–Kier alpha value is -3.23. The number of carbonyl (C=O) groups excluding carboxylic acids is 2. The normalized spacial score (nSPS) is 12.1. The minimum Gasteiger partial charge on any atom is -0.459 e. The summed E-state index contributed by atoms with van der Waals surface area (Å²) in [6.07, 6.45) is 6.83. The number of rotatable bonds is 13. The third-order valence-electron chi connectivity index (χ3n) is 5.27. The van der Waals surface area contributed by atoms with E-state index in [-0.39, 0.29) is 25.0 Å². The zero-order valence-electron chi connectivity index (χ0n) is 23.8. The lowest BCUT2D eigenvalue weighted by Gasteiger charge is -2.24. The van der Waals surface area contributed by atoms with E-state index in [1.807, 2.05) is 65.8 Å². The third kappa shape index (κ3) is 10.7. The van der Waals surface area contributed by atoms with Gasteiger partial charge in [0.05, 0.1) is 25.1 Å². The van der Waals surface area contributed by atoms with Gasteiger partial charge in [-0.05, 0) is 59.2 Å². The molecule has 0 aliphatic carbocycles. The second kappa shape index (κ2) is 13.9. The molecule has 0 spiro atoms. The predicted octanol–water partition coefficient (Wildman–Crippen LogP) is 3.79. The van der Waals surface area contributed by atoms with E-state index < -0.39 is 11.2 Å². The minimum absolute atomic E-state index is 0.0445. The van der Waals surface area contributed by atoms with Crippen LogP contribution in [0.4, 0.5) is 0 Å². The van der Waals surface area contributed by atoms with Gasteiger partial charge in [-0.1, -0.05) is 12.1 Å². The van der Waals surface area contributed by atoms with E-state index in [2.05, 4.69) is 19.9 Å². The van der Waals surface area contributed by atoms with Crippen molar-refractivity contribution in [2.75, 3.05) is 0 Å². The molecular formula is C27H38N6O6S. The summed E-state index contributed by atoms with van der Waals surface area (Å²) in [5.41, 5.74) is -0.143. The largest absolute Gasteiger partial charge is 0.459 e. The van der Waals surface area contributed by atoms with Gasteiger partial charge in [0.1, 0.15) is 35.9 Å². The van der Waals surface area contributed by atoms with E-state index >= 15 is 0 Å². The summed E-state index contributed by atoms with van der Waals surface area (Å²) < 4.78 is 19.3. The van der Waals surface area contributed by atoms with Crippen molar-refractivity contribution in [3.05, 3.63) is 66.3 Å². The molecule has 0 amide bonds. The fourth-order valence-electron chi connectivity index (χ4n) is 3.83. The predicted molar refractivity (Wildman–Crippen MR) is 148 cm³/mol. The van der Waals surface area contributed by atoms with E-state index in [4.69, 9.17) is 19.7 Å². The highest BCUT2D eigenvalue weighted by molar-refractivity contribution is 7.94. The summed E-state index contributed by atoms with van der Waals surface area (Å²) in [6, 6.07) is 7.72. The molecule has 12 nitrogen and oxygen atoms in total. The topological polar surface area (TPSA) is 136 Å². The summed E-state index contributed by atoms with van der Waals surface area (Å²) in [7, 11) is 0. The molecule has 0 unspecified atom stereocenters. The van der Waals surface area contributed by atoms with Crippen molar-refractivity contribution in [3.63, 3.8) is 0 Å². The standard InChI is InChI=1S/C27H38N6O6S/c1-26(2,3)36-24(34)18-32-13-11-29-22(32)16-31(15-20-7-9-21(10-8-20)40-39-38-28)17-23-30-12-14-33(23)19-25(35)37-27(4,5)6/h7-14H,15-19,28H2,1-6H3. The second-order valence-corrected chi connectivity index (χ2v) is 11.9. The lowest BCUT2D eigenvalue weighted by molar-refractivity contribution is -0.195. The van der Waals surface area contributed by atoms with Crippen LogP contribution in [0.2, 0.25) is 0 Å². The molecule has 2 N–H and O–H groups in total. The van der Waals surface area contributed by atoms with Crippen LogP contribution < -0.4 is 5.90 Å². The fourth-order valence-corrected chi connectivity index (χ4v) is 4.20. The average Bonchev–Trinajstić information content (AvgIpc) is 3.45. The fraction of sp³-hybridized carbons (Fsp3) is 0.481. The first-order valence-corrected chi connectivity index (χ1v) is 13.5. The van der Waals surface area contributed by atoms with Crippen LogP contribution in [0, 0.1) is 0 Å². The van der Waals surface area contributed by atoms with E-state index in [0.717, 1.165) is 22.5 Å². The number of hydrogen-bond acceptors (Lipinski definition) is 11. The molecule has 13 heteroatoms. The van der Waals surface area contributed by atoms with E-state index in [9.17, 15) is 9.59 Å². The molecule has 0 aliphatic rings. The van der Waals surface area contributed by atoms with Crippen molar-refractivity contribution in [2.24, 2.45) is 5.90 Å². The highest BCUT2D eigenvalue weighted by atomic mass is 32.2. The van der Waals surface area contributed by atoms with Crippen LogP contribution in [0.25, 0.3) is 0 Å². The molecule has 0 fully saturated rings. The first-order valence-electron chi connectivity index (χ1n) is 12.8. The third-order valence-corrected chi connectivity index (χ3v) is 5.88. The molecule has 218 valence electrons. The van der Waals surface area contributed by atoms with Crippen molar-refractivity contribution in [2.45, 2.75) is 90.4 Å². The molecule has 0 saturated carbocycles. The average molecular weight is 575 g/mol. The number of benzene rings is 1. The summed E-state index contributed by atoms with van der Waals surface area (Å²) in [5.74, 6) is 5.62. The van der Waals surface area contributed by atoms with Crippen molar-refractivity contribution in [1.29, 1.82) is 0 Å². The van der Waals surface area contributed by atoms with Crippen molar-refractivity contribution in [1.82, 2.24) is 24.0 Å². The van der Waals surface area contributed by atoms with Gasteiger partial charge in [0.15, 0.2) is 0 Å². The molecule has 2 aromatic heterocycles. The highest BCUT2D eigenvalue weighted by Crippen LogP contribution is 2.21. The van der Waals surface area contributed by atoms with Gasteiger partial charge < -0.3 is 18.6 Å². The molecule has 1 aromatic carbocycles. The lowest BCUT2D eigenvalue weighted by Crippen LogP contribution is -2.30. The maximum Gasteiger partial charge on any atom is 0.326 e. The maximum absolute atomic E-state index is 12.5. The van der Waals surface area contributed by atoms with Crippen LogP contribution >= 0.6 is 12.0 Å². The maximum atomic E-state index is 12.5. The molecule has 2 heterocycles. The Morgan fingerprint density at radius 2 is 1.30 bits per heavy atom. The number of aromatic nitrogens is 4. The van der Waals surface area contributed by atoms with Crippen LogP contribution in [-0.2, 0) is 61.1 Å². The Kier molecular flexibility index (Phi) is 10.9. The van der Waals surface area contributed by atoms with Crippen molar-refractivity contribution in [3.8, 4) is 0 Å². The van der Waals surface area contributed by atoms with Gasteiger partial charge in [0, 0.05) is 36.2 Å². The Balaban J connectivity index is 1.80. The van der Waals surface area contributed by atoms with Gasteiger partial charge in [-0.25, -0.2) is 9.97 Å². The molecule has 40 heavy (non-hydrogen) atoms. The van der Waals surface area contributed by atoms with E-state index in [1.165, 1.54) is 0 Å². The van der Waals surface area contributed by atoms with Crippen LogP contribution in [0.15, 0.2) is 53.9 Å². The zero-order chi connectivity index (χ0) is 29.3. The summed E-state index contributed by atoms with van der Waals surface area (Å²) in [4.78, 5) is 41.1. The minimum atomic E-state index is -0.582. The molecule has 0 radical (unpaired) electrons. The Bertz CT molecular complexity index is 1180. The van der Waals surface area contributed by atoms with Gasteiger partial charge in [-0.3, -0.25) is 14.5 Å². The lowest BCUT2D eigenvalue weighted by atomic mass is 10.2. The number of carbonyl (C=O) groups is 2. The molecular weight excluding hydrogens is 536 g/mol. The first-order chi connectivity index (χ1) is 18.8. The quantitative estimate of drug-likeness (QED) is 0.138.